The van der Waals surface area contributed by atoms with Crippen LogP contribution in [-0.4, -0.2) is 137 Å². The van der Waals surface area contributed by atoms with E-state index >= 15 is 0 Å². The Kier molecular flexibility index (Phi) is 28.2. The maximum Gasteiger partial charge on any atom is 0.338 e. The van der Waals surface area contributed by atoms with Gasteiger partial charge in [-0.05, 0) is 30.7 Å². The Morgan fingerprint density at radius 2 is 0.933 bits per heavy atom. The van der Waals surface area contributed by atoms with Gasteiger partial charge in [-0.1, -0.05) is 19.9 Å². The van der Waals surface area contributed by atoms with Crippen LogP contribution in [-0.2, 0) is 52.2 Å². The van der Waals surface area contributed by atoms with E-state index in [-0.39, 0.29) is 19.2 Å². The first-order valence-electron chi connectivity index (χ1n) is 15.6. The maximum atomic E-state index is 12.1. The largest absolute Gasteiger partial charge is 0.460 e. The van der Waals surface area contributed by atoms with E-state index in [0.717, 1.165) is 31.1 Å². The topological polar surface area (TPSA) is 138 Å². The molecule has 0 spiro atoms. The summed E-state index contributed by atoms with van der Waals surface area (Å²) >= 11 is 0. The van der Waals surface area contributed by atoms with Crippen molar-refractivity contribution in [2.45, 2.75) is 19.8 Å². The first-order chi connectivity index (χ1) is 22.2. The monoisotopic (exact) mass is 643 g/mol. The Morgan fingerprint density at radius 3 is 1.29 bits per heavy atom. The maximum absolute atomic E-state index is 12.1. The highest BCUT2D eigenvalue weighted by Gasteiger charge is 2.06. The molecule has 0 aliphatic heterocycles. The molecular weight excluding hydrogens is 590 g/mol. The van der Waals surface area contributed by atoms with Crippen LogP contribution in [0.1, 0.15) is 30.1 Å². The van der Waals surface area contributed by atoms with Crippen molar-refractivity contribution in [3.63, 3.8) is 0 Å². The predicted octanol–water partition coefficient (Wildman–Crippen LogP) is 2.92. The van der Waals surface area contributed by atoms with E-state index in [1.54, 1.807) is 12.1 Å². The van der Waals surface area contributed by atoms with Gasteiger partial charge >= 0.3 is 11.9 Å². The molecule has 0 atom stereocenters. The van der Waals surface area contributed by atoms with Crippen LogP contribution in [0.15, 0.2) is 36.9 Å². The highest BCUT2D eigenvalue weighted by atomic mass is 16.6. The van der Waals surface area contributed by atoms with Crippen molar-refractivity contribution in [1.82, 2.24) is 0 Å². The number of ether oxygens (including phenoxy) is 10. The van der Waals surface area contributed by atoms with Crippen molar-refractivity contribution in [3.8, 4) is 0 Å². The number of carbonyl (C=O) groups excluding carboxylic acids is 2. The third-order valence-corrected chi connectivity index (χ3v) is 5.68. The van der Waals surface area contributed by atoms with Crippen LogP contribution in [0.2, 0.25) is 0 Å². The summed E-state index contributed by atoms with van der Waals surface area (Å²) in [5.74, 6) is -0.828. The summed E-state index contributed by atoms with van der Waals surface area (Å²) < 4.78 is 53.3. The van der Waals surface area contributed by atoms with Crippen LogP contribution in [0.3, 0.4) is 0 Å². The lowest BCUT2D eigenvalue weighted by Gasteiger charge is -2.09. The summed E-state index contributed by atoms with van der Waals surface area (Å²) in [6.07, 6.45) is 3.35. The summed E-state index contributed by atoms with van der Waals surface area (Å²) in [7, 11) is 0. The summed E-state index contributed by atoms with van der Waals surface area (Å²) in [6, 6.07) is 7.27. The molecule has 1 aromatic rings. The second-order valence-electron chi connectivity index (χ2n) is 9.26. The van der Waals surface area contributed by atoms with Crippen molar-refractivity contribution in [1.29, 1.82) is 0 Å². The minimum absolute atomic E-state index is 0.186. The fourth-order valence-electron chi connectivity index (χ4n) is 3.31. The summed E-state index contributed by atoms with van der Waals surface area (Å²) in [5.41, 5.74) is 1.51. The average Bonchev–Trinajstić information content (AvgIpc) is 3.06. The molecule has 1 N–H and O–H groups in total. The number of benzene rings is 1. The lowest BCUT2D eigenvalue weighted by atomic mass is 10.2. The van der Waals surface area contributed by atoms with Gasteiger partial charge in [-0.2, -0.15) is 0 Å². The standard InChI is InChI=1S/C32H53NO12/c1-3-5-10-33-30-8-6-29(7-9-30)32(35)45-28-26-43-24-22-41-20-18-39-16-14-37-12-11-36-13-15-38-17-19-40-21-23-42-25-27-44-31(34)4-2/h4,6-9,33H,2-3,5,10-28H2,1H3. The molecule has 1 aromatic carbocycles. The highest BCUT2D eigenvalue weighted by molar-refractivity contribution is 5.89. The SMILES string of the molecule is C=CC(=O)OCCOCCOCCOCCOCCOCCOCCOCCOCCOC(=O)c1ccc(NCCCC)cc1. The summed E-state index contributed by atoms with van der Waals surface area (Å²) in [6.45, 7) is 13.8. The van der Waals surface area contributed by atoms with Gasteiger partial charge in [0.15, 0.2) is 0 Å². The quantitative estimate of drug-likeness (QED) is 0.0683. The second-order valence-corrected chi connectivity index (χ2v) is 9.26. The molecule has 13 heteroatoms. The molecule has 45 heavy (non-hydrogen) atoms. The van der Waals surface area contributed by atoms with Crippen molar-refractivity contribution in [2.75, 3.05) is 131 Å². The van der Waals surface area contributed by atoms with Crippen molar-refractivity contribution >= 4 is 17.6 Å². The molecule has 0 radical (unpaired) electrons. The molecular formula is C32H53NO12. The third kappa shape index (κ3) is 26.3. The van der Waals surface area contributed by atoms with Crippen molar-refractivity contribution in [3.05, 3.63) is 42.5 Å². The first-order valence-corrected chi connectivity index (χ1v) is 15.6. The van der Waals surface area contributed by atoms with Crippen LogP contribution in [0.5, 0.6) is 0 Å². The number of hydrogen-bond acceptors (Lipinski definition) is 13. The van der Waals surface area contributed by atoms with Crippen LogP contribution >= 0.6 is 0 Å². The lowest BCUT2D eigenvalue weighted by molar-refractivity contribution is -0.139. The first kappa shape index (κ1) is 40.4. The van der Waals surface area contributed by atoms with Crippen LogP contribution in [0, 0.1) is 0 Å². The van der Waals surface area contributed by atoms with Gasteiger partial charge in [-0.15, -0.1) is 0 Å². The van der Waals surface area contributed by atoms with Gasteiger partial charge in [-0.3, -0.25) is 0 Å². The van der Waals surface area contributed by atoms with Gasteiger partial charge in [0.2, 0.25) is 0 Å². The zero-order valence-corrected chi connectivity index (χ0v) is 26.8. The van der Waals surface area contributed by atoms with Crippen molar-refractivity contribution < 1.29 is 57.0 Å². The molecule has 258 valence electrons. The molecule has 13 nitrogen and oxygen atoms in total. The number of hydrogen-bond donors (Lipinski definition) is 1. The highest BCUT2D eigenvalue weighted by Crippen LogP contribution is 2.10. The second kappa shape index (κ2) is 31.4. The Labute approximate surface area is 267 Å². The molecule has 0 aromatic heterocycles. The molecule has 0 amide bonds. The van der Waals surface area contributed by atoms with Gasteiger partial charge in [0.25, 0.3) is 0 Å². The van der Waals surface area contributed by atoms with E-state index in [0.29, 0.717) is 111 Å². The minimum Gasteiger partial charge on any atom is -0.460 e. The Morgan fingerprint density at radius 1 is 0.578 bits per heavy atom. The summed E-state index contributed by atoms with van der Waals surface area (Å²) in [5, 5.41) is 3.31. The predicted molar refractivity (Wildman–Crippen MR) is 168 cm³/mol. The lowest BCUT2D eigenvalue weighted by Crippen LogP contribution is -2.15. The molecule has 0 unspecified atom stereocenters. The molecule has 0 aliphatic rings. The van der Waals surface area contributed by atoms with Gasteiger partial charge in [0.1, 0.15) is 13.2 Å². The summed E-state index contributed by atoms with van der Waals surface area (Å²) in [4.78, 5) is 22.9. The van der Waals surface area contributed by atoms with E-state index in [1.807, 2.05) is 12.1 Å². The molecule has 1 rings (SSSR count). The smallest absolute Gasteiger partial charge is 0.338 e. The third-order valence-electron chi connectivity index (χ3n) is 5.68. The zero-order valence-electron chi connectivity index (χ0n) is 26.8. The Balaban J connectivity index is 1.73. The number of anilines is 1. The molecule has 0 aliphatic carbocycles. The Hall–Kier alpha value is -2.62. The van der Waals surface area contributed by atoms with E-state index < -0.39 is 5.97 Å². The Bertz CT molecular complexity index is 840. The molecule has 0 saturated carbocycles. The van der Waals surface area contributed by atoms with Crippen LogP contribution < -0.4 is 5.32 Å². The van der Waals surface area contributed by atoms with E-state index in [9.17, 15) is 9.59 Å². The van der Waals surface area contributed by atoms with E-state index in [1.165, 1.54) is 0 Å². The van der Waals surface area contributed by atoms with Gasteiger partial charge in [0, 0.05) is 18.3 Å². The fourth-order valence-corrected chi connectivity index (χ4v) is 3.31. The number of unbranched alkanes of at least 4 members (excludes halogenated alkanes) is 1. The molecule has 0 heterocycles. The number of esters is 2. The number of nitrogens with one attached hydrogen (secondary N) is 1. The number of rotatable bonds is 33. The van der Waals surface area contributed by atoms with Gasteiger partial charge < -0.3 is 52.7 Å². The van der Waals surface area contributed by atoms with Crippen LogP contribution in [0.25, 0.3) is 0 Å². The normalized spacial score (nSPS) is 11.0. The van der Waals surface area contributed by atoms with Gasteiger partial charge in [0.05, 0.1) is 111 Å². The average molecular weight is 644 g/mol. The zero-order chi connectivity index (χ0) is 32.5. The van der Waals surface area contributed by atoms with Crippen LogP contribution in [0.4, 0.5) is 5.69 Å². The van der Waals surface area contributed by atoms with Crippen molar-refractivity contribution in [2.24, 2.45) is 0 Å². The molecule has 0 fully saturated rings. The minimum atomic E-state index is -0.463. The van der Waals surface area contributed by atoms with E-state index in [2.05, 4.69) is 18.8 Å². The molecule has 0 saturated heterocycles. The van der Waals surface area contributed by atoms with Gasteiger partial charge in [-0.25, -0.2) is 9.59 Å². The number of carbonyl (C=O) groups is 2. The fraction of sp³-hybridized carbons (Fsp3) is 0.688. The van der Waals surface area contributed by atoms with E-state index in [4.69, 9.17) is 47.4 Å². The molecule has 0 bridgehead atoms.